The molecule has 1 fully saturated rings. The zero-order valence-corrected chi connectivity index (χ0v) is 12.6. The lowest BCUT2D eigenvalue weighted by Gasteiger charge is -2.25. The lowest BCUT2D eigenvalue weighted by atomic mass is 9.96. The van der Waals surface area contributed by atoms with E-state index in [9.17, 15) is 21.6 Å². The van der Waals surface area contributed by atoms with E-state index in [0.29, 0.717) is 31.7 Å². The van der Waals surface area contributed by atoms with Crippen LogP contribution in [0.4, 0.5) is 13.2 Å². The van der Waals surface area contributed by atoms with Gasteiger partial charge < -0.3 is 0 Å². The number of benzene rings is 1. The molecule has 0 radical (unpaired) electrons. The largest absolute Gasteiger partial charge is 0.416 e. The number of nitrogens with one attached hydrogen (secondary N) is 1. The van der Waals surface area contributed by atoms with Gasteiger partial charge in [0.25, 0.3) is 0 Å². The van der Waals surface area contributed by atoms with E-state index in [2.05, 4.69) is 4.72 Å². The van der Waals surface area contributed by atoms with Crippen LogP contribution in [0.1, 0.15) is 31.2 Å². The molecule has 1 aliphatic carbocycles. The summed E-state index contributed by atoms with van der Waals surface area (Å²) in [5.74, 6) is 0. The smallest absolute Gasteiger partial charge is 0.208 e. The molecule has 2 rings (SSSR count). The Bertz CT molecular complexity index is 596. The molecule has 118 valence electrons. The fourth-order valence-electron chi connectivity index (χ4n) is 2.30. The molecule has 0 atom stereocenters. The van der Waals surface area contributed by atoms with Gasteiger partial charge in [0.2, 0.25) is 10.0 Å². The van der Waals surface area contributed by atoms with Crippen molar-refractivity contribution in [2.75, 3.05) is 0 Å². The zero-order valence-electron chi connectivity index (χ0n) is 11.0. The zero-order chi connectivity index (χ0) is 15.7. The molecule has 1 aromatic carbocycles. The van der Waals surface area contributed by atoms with Crippen LogP contribution in [-0.2, 0) is 16.2 Å². The first-order chi connectivity index (χ1) is 9.68. The first-order valence-electron chi connectivity index (χ1n) is 6.52. The van der Waals surface area contributed by atoms with Crippen LogP contribution < -0.4 is 4.72 Å². The van der Waals surface area contributed by atoms with Crippen LogP contribution in [-0.4, -0.2) is 19.8 Å². The lowest BCUT2D eigenvalue weighted by molar-refractivity contribution is -0.137. The molecule has 1 aromatic rings. The Morgan fingerprint density at radius 2 is 1.76 bits per heavy atom. The fourth-order valence-corrected chi connectivity index (χ4v) is 3.90. The van der Waals surface area contributed by atoms with Crippen molar-refractivity contribution in [1.82, 2.24) is 4.72 Å². The normalized spacial score (nSPS) is 24.0. The van der Waals surface area contributed by atoms with E-state index in [0.717, 1.165) is 18.2 Å². The summed E-state index contributed by atoms with van der Waals surface area (Å²) in [6, 6.07) is 3.46. The number of halogens is 4. The highest BCUT2D eigenvalue weighted by molar-refractivity contribution is 7.89. The summed E-state index contributed by atoms with van der Waals surface area (Å²) in [7, 11) is -3.95. The van der Waals surface area contributed by atoms with Gasteiger partial charge >= 0.3 is 6.18 Å². The van der Waals surface area contributed by atoms with Crippen LogP contribution in [0.2, 0.25) is 0 Å². The van der Waals surface area contributed by atoms with Crippen molar-refractivity contribution in [1.29, 1.82) is 0 Å². The van der Waals surface area contributed by atoms with Crippen LogP contribution in [0.3, 0.4) is 0 Å². The van der Waals surface area contributed by atoms with Gasteiger partial charge in [-0.3, -0.25) is 0 Å². The van der Waals surface area contributed by atoms with E-state index < -0.39 is 21.8 Å². The molecule has 0 aromatic heterocycles. The number of rotatable bonds is 3. The third-order valence-electron chi connectivity index (χ3n) is 3.45. The van der Waals surface area contributed by atoms with Gasteiger partial charge in [-0.05, 0) is 43.9 Å². The molecule has 0 aliphatic heterocycles. The first kappa shape index (κ1) is 16.6. The van der Waals surface area contributed by atoms with Gasteiger partial charge in [0, 0.05) is 11.4 Å². The molecule has 0 spiro atoms. The predicted molar refractivity (Wildman–Crippen MR) is 73.7 cm³/mol. The lowest BCUT2D eigenvalue weighted by Crippen LogP contribution is -2.37. The van der Waals surface area contributed by atoms with E-state index in [1.54, 1.807) is 0 Å². The minimum Gasteiger partial charge on any atom is -0.208 e. The van der Waals surface area contributed by atoms with Crippen molar-refractivity contribution >= 4 is 21.6 Å². The average Bonchev–Trinajstić information content (AvgIpc) is 2.40. The van der Waals surface area contributed by atoms with E-state index in [1.165, 1.54) is 0 Å². The Labute approximate surface area is 126 Å². The van der Waals surface area contributed by atoms with E-state index >= 15 is 0 Å². The van der Waals surface area contributed by atoms with Crippen LogP contribution in [0.15, 0.2) is 29.2 Å². The molecule has 0 unspecified atom stereocenters. The summed E-state index contributed by atoms with van der Waals surface area (Å²) < 4.78 is 64.6. The maximum Gasteiger partial charge on any atom is 0.416 e. The van der Waals surface area contributed by atoms with Gasteiger partial charge in [0.15, 0.2) is 0 Å². The molecule has 1 aliphatic rings. The van der Waals surface area contributed by atoms with Gasteiger partial charge in [0.05, 0.1) is 10.5 Å². The van der Waals surface area contributed by atoms with Crippen molar-refractivity contribution in [2.45, 2.75) is 48.2 Å². The second-order valence-corrected chi connectivity index (χ2v) is 7.43. The highest BCUT2D eigenvalue weighted by Gasteiger charge is 2.32. The summed E-state index contributed by atoms with van der Waals surface area (Å²) in [4.78, 5) is -0.370. The Balaban J connectivity index is 2.16. The SMILES string of the molecule is O=S(=O)(NC1CCC(Cl)CC1)c1cccc(C(F)(F)F)c1. The monoisotopic (exact) mass is 341 g/mol. The van der Waals surface area contributed by atoms with E-state index in [-0.39, 0.29) is 16.3 Å². The maximum atomic E-state index is 12.6. The average molecular weight is 342 g/mol. The van der Waals surface area contributed by atoms with Crippen molar-refractivity contribution in [2.24, 2.45) is 0 Å². The Kier molecular flexibility index (Phi) is 4.85. The summed E-state index contributed by atoms with van der Waals surface area (Å²) in [5, 5.41) is 0.0410. The van der Waals surface area contributed by atoms with Crippen LogP contribution in [0.5, 0.6) is 0 Å². The van der Waals surface area contributed by atoms with E-state index in [4.69, 9.17) is 11.6 Å². The minimum atomic E-state index is -4.57. The molecular formula is C13H15ClF3NO2S. The van der Waals surface area contributed by atoms with Crippen molar-refractivity contribution in [3.05, 3.63) is 29.8 Å². The van der Waals surface area contributed by atoms with Crippen LogP contribution in [0.25, 0.3) is 0 Å². The topological polar surface area (TPSA) is 46.2 Å². The molecule has 21 heavy (non-hydrogen) atoms. The Morgan fingerprint density at radius 1 is 1.14 bits per heavy atom. The van der Waals surface area contributed by atoms with E-state index in [1.807, 2.05) is 0 Å². The molecule has 8 heteroatoms. The highest BCUT2D eigenvalue weighted by Crippen LogP contribution is 2.31. The Hall–Kier alpha value is -0.790. The molecule has 0 amide bonds. The summed E-state index contributed by atoms with van der Waals surface area (Å²) in [6.07, 6.45) is -2.00. The fraction of sp³-hybridized carbons (Fsp3) is 0.538. The predicted octanol–water partition coefficient (Wildman–Crippen LogP) is 3.53. The van der Waals surface area contributed by atoms with Gasteiger partial charge in [-0.1, -0.05) is 6.07 Å². The molecule has 0 bridgehead atoms. The van der Waals surface area contributed by atoms with Gasteiger partial charge in [-0.15, -0.1) is 11.6 Å². The summed E-state index contributed by atoms with van der Waals surface area (Å²) in [5.41, 5.74) is -0.977. The van der Waals surface area contributed by atoms with Gasteiger partial charge in [-0.2, -0.15) is 13.2 Å². The summed E-state index contributed by atoms with van der Waals surface area (Å²) >= 11 is 5.94. The second kappa shape index (κ2) is 6.14. The number of hydrogen-bond acceptors (Lipinski definition) is 2. The van der Waals surface area contributed by atoms with Gasteiger partial charge in [0.1, 0.15) is 0 Å². The molecule has 0 saturated heterocycles. The molecule has 0 heterocycles. The number of sulfonamides is 1. The summed E-state index contributed by atoms with van der Waals surface area (Å²) in [6.45, 7) is 0. The highest BCUT2D eigenvalue weighted by atomic mass is 35.5. The maximum absolute atomic E-state index is 12.6. The molecule has 1 N–H and O–H groups in total. The van der Waals surface area contributed by atoms with Crippen LogP contribution >= 0.6 is 11.6 Å². The third kappa shape index (κ3) is 4.34. The van der Waals surface area contributed by atoms with Crippen LogP contribution in [0, 0.1) is 0 Å². The van der Waals surface area contributed by atoms with Gasteiger partial charge in [-0.25, -0.2) is 13.1 Å². The third-order valence-corrected chi connectivity index (χ3v) is 5.40. The second-order valence-electron chi connectivity index (χ2n) is 5.10. The standard InChI is InChI=1S/C13H15ClF3NO2S/c14-10-4-6-11(7-5-10)18-21(19,20)12-3-1-2-9(8-12)13(15,16)17/h1-3,8,10-11,18H,4-7H2. The minimum absolute atomic E-state index is 0.0410. The van der Waals surface area contributed by atoms with Crippen molar-refractivity contribution in [3.63, 3.8) is 0 Å². The van der Waals surface area contributed by atoms with Crippen molar-refractivity contribution < 1.29 is 21.6 Å². The molecule has 1 saturated carbocycles. The molecular weight excluding hydrogens is 327 g/mol. The quantitative estimate of drug-likeness (QED) is 0.855. The first-order valence-corrected chi connectivity index (χ1v) is 8.44. The number of alkyl halides is 4. The van der Waals surface area contributed by atoms with Crippen molar-refractivity contribution in [3.8, 4) is 0 Å². The molecule has 3 nitrogen and oxygen atoms in total. The number of hydrogen-bond donors (Lipinski definition) is 1. The Morgan fingerprint density at radius 3 is 2.33 bits per heavy atom.